The molecule has 0 spiro atoms. The fourth-order valence-corrected chi connectivity index (χ4v) is 3.40. The van der Waals surface area contributed by atoms with E-state index < -0.39 is 0 Å². The van der Waals surface area contributed by atoms with Gasteiger partial charge in [0.2, 0.25) is 0 Å². The lowest BCUT2D eigenvalue weighted by Crippen LogP contribution is -2.52. The number of aromatic nitrogens is 1. The van der Waals surface area contributed by atoms with Gasteiger partial charge in [0, 0.05) is 42.9 Å². The summed E-state index contributed by atoms with van der Waals surface area (Å²) in [6, 6.07) is 12.4. The number of carbonyl (C=O) groups is 1. The van der Waals surface area contributed by atoms with Gasteiger partial charge in [-0.15, -0.1) is 0 Å². The van der Waals surface area contributed by atoms with Crippen LogP contribution in [0.3, 0.4) is 0 Å². The lowest BCUT2D eigenvalue weighted by atomic mass is 10.1. The molecule has 7 heteroatoms. The van der Waals surface area contributed by atoms with Crippen LogP contribution in [0.5, 0.6) is 5.75 Å². The van der Waals surface area contributed by atoms with Gasteiger partial charge in [-0.25, -0.2) is 4.79 Å². The maximum Gasteiger partial charge on any atom is 0.317 e. The number of pyridine rings is 1. The number of piperazine rings is 1. The zero-order valence-electron chi connectivity index (χ0n) is 15.5. The summed E-state index contributed by atoms with van der Waals surface area (Å²) in [4.78, 5) is 20.6. The second kappa shape index (κ2) is 9.71. The van der Waals surface area contributed by atoms with Crippen molar-refractivity contribution in [3.8, 4) is 5.75 Å². The molecular formula is C20H25BrN4O2. The number of nitrogens with zero attached hydrogens (tertiary/aromatic N) is 3. The molecule has 1 aromatic heterocycles. The molecule has 2 heterocycles. The quantitative estimate of drug-likeness (QED) is 0.711. The van der Waals surface area contributed by atoms with Crippen molar-refractivity contribution in [1.82, 2.24) is 20.1 Å². The highest BCUT2D eigenvalue weighted by Crippen LogP contribution is 2.23. The molecule has 0 radical (unpaired) electrons. The largest absolute Gasteiger partial charge is 0.490 e. The van der Waals surface area contributed by atoms with E-state index in [1.165, 1.54) is 5.56 Å². The summed E-state index contributed by atoms with van der Waals surface area (Å²) in [7, 11) is 0. The fourth-order valence-electron chi connectivity index (χ4n) is 3.14. The van der Waals surface area contributed by atoms with Gasteiger partial charge in [-0.1, -0.05) is 28.1 Å². The third-order valence-corrected chi connectivity index (χ3v) is 5.31. The lowest BCUT2D eigenvalue weighted by Gasteiger charge is -2.38. The highest BCUT2D eigenvalue weighted by Gasteiger charge is 2.24. The number of carbonyl (C=O) groups excluding carboxylic acids is 1. The van der Waals surface area contributed by atoms with Gasteiger partial charge in [0.1, 0.15) is 12.4 Å². The molecule has 1 fully saturated rings. The molecule has 0 bridgehead atoms. The second-order valence-corrected chi connectivity index (χ2v) is 7.44. The van der Waals surface area contributed by atoms with Crippen LogP contribution in [0.25, 0.3) is 0 Å². The molecule has 144 valence electrons. The minimum absolute atomic E-state index is 0.0271. The lowest BCUT2D eigenvalue weighted by molar-refractivity contribution is 0.113. The Morgan fingerprint density at radius 2 is 1.96 bits per heavy atom. The van der Waals surface area contributed by atoms with Gasteiger partial charge in [0.05, 0.1) is 12.7 Å². The Balaban J connectivity index is 1.38. The predicted molar refractivity (Wildman–Crippen MR) is 109 cm³/mol. The van der Waals surface area contributed by atoms with Crippen LogP contribution in [0.4, 0.5) is 4.79 Å². The highest BCUT2D eigenvalue weighted by atomic mass is 79.9. The average molecular weight is 433 g/mol. The Hall–Kier alpha value is -2.12. The molecule has 1 aromatic carbocycles. The van der Waals surface area contributed by atoms with E-state index in [0.717, 1.165) is 30.7 Å². The topological polar surface area (TPSA) is 57.7 Å². The van der Waals surface area contributed by atoms with Crippen molar-refractivity contribution in [2.24, 2.45) is 0 Å². The molecule has 0 saturated carbocycles. The van der Waals surface area contributed by atoms with Gasteiger partial charge in [-0.3, -0.25) is 9.88 Å². The van der Waals surface area contributed by atoms with Crippen molar-refractivity contribution >= 4 is 22.0 Å². The van der Waals surface area contributed by atoms with Crippen LogP contribution in [-0.4, -0.2) is 60.1 Å². The number of ether oxygens (including phenoxy) is 1. The maximum absolute atomic E-state index is 12.3. The normalized spacial score (nSPS) is 16.0. The number of urea groups is 1. The fraction of sp³-hybridized carbons (Fsp3) is 0.400. The van der Waals surface area contributed by atoms with Crippen LogP contribution in [0, 0.1) is 0 Å². The molecule has 27 heavy (non-hydrogen) atoms. The minimum Gasteiger partial charge on any atom is -0.490 e. The zero-order valence-corrected chi connectivity index (χ0v) is 17.1. The first-order valence-corrected chi connectivity index (χ1v) is 9.98. The van der Waals surface area contributed by atoms with Gasteiger partial charge in [-0.05, 0) is 36.8 Å². The van der Waals surface area contributed by atoms with Crippen molar-refractivity contribution in [3.63, 3.8) is 0 Å². The second-order valence-electron chi connectivity index (χ2n) is 6.52. The van der Waals surface area contributed by atoms with Crippen LogP contribution in [-0.2, 0) is 0 Å². The molecule has 1 atom stereocenters. The summed E-state index contributed by atoms with van der Waals surface area (Å²) in [5.41, 5.74) is 1.30. The van der Waals surface area contributed by atoms with Crippen molar-refractivity contribution in [1.29, 1.82) is 0 Å². The van der Waals surface area contributed by atoms with Crippen molar-refractivity contribution in [2.75, 3.05) is 39.3 Å². The SMILES string of the molecule is CC(c1ccc(Br)cc1)N1CCN(C(=O)NCCOc2cccnc2)CC1. The first-order chi connectivity index (χ1) is 13.1. The number of halogens is 1. The molecule has 2 amide bonds. The van der Waals surface area contributed by atoms with Gasteiger partial charge in [0.25, 0.3) is 0 Å². The summed E-state index contributed by atoms with van der Waals surface area (Å²) in [5.74, 6) is 0.710. The van der Waals surface area contributed by atoms with Crippen LogP contribution in [0.1, 0.15) is 18.5 Å². The molecule has 0 aliphatic carbocycles. The molecule has 1 aliphatic heterocycles. The van der Waals surface area contributed by atoms with E-state index in [1.54, 1.807) is 12.4 Å². The molecule has 6 nitrogen and oxygen atoms in total. The predicted octanol–water partition coefficient (Wildman–Crippen LogP) is 3.31. The molecule has 1 unspecified atom stereocenters. The molecule has 1 saturated heterocycles. The Bertz CT molecular complexity index is 719. The van der Waals surface area contributed by atoms with Crippen LogP contribution in [0.15, 0.2) is 53.3 Å². The Kier molecular flexibility index (Phi) is 7.06. The van der Waals surface area contributed by atoms with Crippen LogP contribution >= 0.6 is 15.9 Å². The highest BCUT2D eigenvalue weighted by molar-refractivity contribution is 9.10. The number of nitrogens with one attached hydrogen (secondary N) is 1. The standard InChI is InChI=1S/C20H25BrN4O2/c1-16(17-4-6-18(21)7-5-17)24-10-12-25(13-11-24)20(26)23-9-14-27-19-3-2-8-22-15-19/h2-8,15-16H,9-14H2,1H3,(H,23,26). The van der Waals surface area contributed by atoms with Crippen LogP contribution in [0.2, 0.25) is 0 Å². The Labute approximate surface area is 168 Å². The first kappa shape index (κ1) is 19.6. The van der Waals surface area contributed by atoms with Crippen molar-refractivity contribution < 1.29 is 9.53 Å². The average Bonchev–Trinajstić information content (AvgIpc) is 2.72. The molecule has 1 N–H and O–H groups in total. The van der Waals surface area contributed by atoms with E-state index >= 15 is 0 Å². The van der Waals surface area contributed by atoms with Gasteiger partial charge in [0.15, 0.2) is 0 Å². The van der Waals surface area contributed by atoms with Gasteiger partial charge in [-0.2, -0.15) is 0 Å². The molecular weight excluding hydrogens is 408 g/mol. The monoisotopic (exact) mass is 432 g/mol. The van der Waals surface area contributed by atoms with E-state index in [1.807, 2.05) is 17.0 Å². The third-order valence-electron chi connectivity index (χ3n) is 4.78. The molecule has 1 aliphatic rings. The number of hydrogen-bond donors (Lipinski definition) is 1. The van der Waals surface area contributed by atoms with Gasteiger partial charge < -0.3 is 15.0 Å². The summed E-state index contributed by atoms with van der Waals surface area (Å²) in [6.07, 6.45) is 3.36. The number of benzene rings is 1. The maximum atomic E-state index is 12.3. The van der Waals surface area contributed by atoms with Crippen molar-refractivity contribution in [2.45, 2.75) is 13.0 Å². The third kappa shape index (κ3) is 5.68. The van der Waals surface area contributed by atoms with Crippen LogP contribution < -0.4 is 10.1 Å². The number of amides is 2. The van der Waals surface area contributed by atoms with Crippen molar-refractivity contribution in [3.05, 3.63) is 58.8 Å². The summed E-state index contributed by atoms with van der Waals surface area (Å²) in [6.45, 7) is 6.33. The van der Waals surface area contributed by atoms with E-state index in [4.69, 9.17) is 4.74 Å². The van der Waals surface area contributed by atoms with E-state index in [9.17, 15) is 4.79 Å². The first-order valence-electron chi connectivity index (χ1n) is 9.18. The zero-order chi connectivity index (χ0) is 19.1. The van der Waals surface area contributed by atoms with E-state index in [-0.39, 0.29) is 6.03 Å². The summed E-state index contributed by atoms with van der Waals surface area (Å²) in [5, 5.41) is 2.92. The summed E-state index contributed by atoms with van der Waals surface area (Å²) >= 11 is 3.48. The smallest absolute Gasteiger partial charge is 0.317 e. The molecule has 2 aromatic rings. The van der Waals surface area contributed by atoms with E-state index in [0.29, 0.717) is 24.9 Å². The Morgan fingerprint density at radius 3 is 2.63 bits per heavy atom. The minimum atomic E-state index is -0.0271. The summed E-state index contributed by atoms with van der Waals surface area (Å²) < 4.78 is 6.63. The number of hydrogen-bond acceptors (Lipinski definition) is 4. The molecule has 3 rings (SSSR count). The number of rotatable bonds is 6. The van der Waals surface area contributed by atoms with Gasteiger partial charge >= 0.3 is 6.03 Å². The Morgan fingerprint density at radius 1 is 1.22 bits per heavy atom. The van der Waals surface area contributed by atoms with E-state index in [2.05, 4.69) is 62.3 Å².